The summed E-state index contributed by atoms with van der Waals surface area (Å²) in [6.45, 7) is 2.63. The highest BCUT2D eigenvalue weighted by molar-refractivity contribution is 5.82. The number of carbonyl (C=O) groups is 1. The Kier molecular flexibility index (Phi) is 4.62. The van der Waals surface area contributed by atoms with Crippen LogP contribution >= 0.6 is 0 Å². The van der Waals surface area contributed by atoms with Crippen molar-refractivity contribution >= 4 is 5.91 Å². The number of ether oxygens (including phenoxy) is 1. The molecule has 1 amide bonds. The monoisotopic (exact) mass is 254 g/mol. The summed E-state index contributed by atoms with van der Waals surface area (Å²) in [5, 5.41) is 3.54. The Bertz CT molecular complexity index is 282. The zero-order valence-corrected chi connectivity index (χ0v) is 11.8. The number of rotatable bonds is 4. The molecule has 0 aromatic heterocycles. The van der Waals surface area contributed by atoms with Gasteiger partial charge in [-0.15, -0.1) is 0 Å². The van der Waals surface area contributed by atoms with Crippen LogP contribution in [0.3, 0.4) is 0 Å². The molecule has 4 atom stereocenters. The van der Waals surface area contributed by atoms with Crippen LogP contribution in [-0.4, -0.2) is 49.7 Å². The van der Waals surface area contributed by atoms with Crippen molar-refractivity contribution in [3.05, 3.63) is 0 Å². The van der Waals surface area contributed by atoms with Crippen molar-refractivity contribution in [1.29, 1.82) is 0 Å². The molecule has 1 heterocycles. The van der Waals surface area contributed by atoms with Crippen LogP contribution in [0.1, 0.15) is 39.0 Å². The molecule has 1 aliphatic carbocycles. The molecule has 18 heavy (non-hydrogen) atoms. The van der Waals surface area contributed by atoms with Crippen LogP contribution in [0.25, 0.3) is 0 Å². The molecular weight excluding hydrogens is 228 g/mol. The van der Waals surface area contributed by atoms with Crippen LogP contribution in [0.2, 0.25) is 0 Å². The molecule has 2 rings (SSSR count). The van der Waals surface area contributed by atoms with E-state index in [0.717, 1.165) is 12.3 Å². The van der Waals surface area contributed by atoms with Gasteiger partial charge in [-0.3, -0.25) is 4.79 Å². The van der Waals surface area contributed by atoms with Crippen molar-refractivity contribution in [2.45, 2.75) is 57.2 Å². The molecule has 4 heteroatoms. The van der Waals surface area contributed by atoms with E-state index in [1.807, 2.05) is 18.9 Å². The molecule has 0 spiro atoms. The average molecular weight is 254 g/mol. The van der Waals surface area contributed by atoms with E-state index in [1.54, 1.807) is 7.11 Å². The van der Waals surface area contributed by atoms with Crippen molar-refractivity contribution in [2.75, 3.05) is 20.8 Å². The van der Waals surface area contributed by atoms with Gasteiger partial charge >= 0.3 is 0 Å². The molecule has 0 aromatic rings. The number of fused-ring (bicyclic) bond motifs is 1. The van der Waals surface area contributed by atoms with E-state index in [-0.39, 0.29) is 18.0 Å². The first-order chi connectivity index (χ1) is 8.63. The van der Waals surface area contributed by atoms with Crippen LogP contribution in [0.15, 0.2) is 0 Å². The van der Waals surface area contributed by atoms with Gasteiger partial charge in [0.2, 0.25) is 5.91 Å². The zero-order chi connectivity index (χ0) is 13.1. The van der Waals surface area contributed by atoms with Gasteiger partial charge in [0.05, 0.1) is 18.7 Å². The van der Waals surface area contributed by atoms with Crippen LogP contribution in [0.5, 0.6) is 0 Å². The van der Waals surface area contributed by atoms with Gasteiger partial charge in [0.15, 0.2) is 0 Å². The van der Waals surface area contributed by atoms with E-state index in [4.69, 9.17) is 4.74 Å². The van der Waals surface area contributed by atoms with E-state index in [0.29, 0.717) is 12.6 Å². The molecule has 104 valence electrons. The molecule has 1 saturated carbocycles. The van der Waals surface area contributed by atoms with E-state index < -0.39 is 0 Å². The molecule has 0 radical (unpaired) electrons. The first-order valence-electron chi connectivity index (χ1n) is 7.15. The van der Waals surface area contributed by atoms with Gasteiger partial charge in [0.25, 0.3) is 0 Å². The summed E-state index contributed by atoms with van der Waals surface area (Å²) in [7, 11) is 3.56. The Hall–Kier alpha value is -0.610. The van der Waals surface area contributed by atoms with Crippen LogP contribution in [-0.2, 0) is 9.53 Å². The highest BCUT2D eigenvalue weighted by atomic mass is 16.5. The van der Waals surface area contributed by atoms with Crippen molar-refractivity contribution in [3.8, 4) is 0 Å². The van der Waals surface area contributed by atoms with Gasteiger partial charge in [0, 0.05) is 20.2 Å². The largest absolute Gasteiger partial charge is 0.383 e. The summed E-state index contributed by atoms with van der Waals surface area (Å²) in [6, 6.07) is 0.758. The van der Waals surface area contributed by atoms with E-state index >= 15 is 0 Å². The summed E-state index contributed by atoms with van der Waals surface area (Å²) >= 11 is 0. The third kappa shape index (κ3) is 2.86. The first kappa shape index (κ1) is 13.8. The SMILES string of the molecule is COCC(C)N(C)C(=O)C1CC2CCCCC2N1. The number of hydrogen-bond donors (Lipinski definition) is 1. The summed E-state index contributed by atoms with van der Waals surface area (Å²) < 4.78 is 5.12. The van der Waals surface area contributed by atoms with E-state index in [1.165, 1.54) is 25.7 Å². The fourth-order valence-electron chi connectivity index (χ4n) is 3.33. The fourth-order valence-corrected chi connectivity index (χ4v) is 3.33. The van der Waals surface area contributed by atoms with Crippen LogP contribution in [0.4, 0.5) is 0 Å². The number of methoxy groups -OCH3 is 1. The minimum atomic E-state index is 0.0300. The highest BCUT2D eigenvalue weighted by Gasteiger charge is 2.39. The minimum absolute atomic E-state index is 0.0300. The van der Waals surface area contributed by atoms with Gasteiger partial charge in [-0.2, -0.15) is 0 Å². The summed E-state index contributed by atoms with van der Waals surface area (Å²) in [5.41, 5.74) is 0. The second-order valence-electron chi connectivity index (χ2n) is 5.86. The van der Waals surface area contributed by atoms with Crippen LogP contribution < -0.4 is 5.32 Å². The van der Waals surface area contributed by atoms with Gasteiger partial charge in [-0.1, -0.05) is 12.8 Å². The second kappa shape index (κ2) is 6.02. The van der Waals surface area contributed by atoms with Crippen molar-refractivity contribution in [3.63, 3.8) is 0 Å². The Labute approximate surface area is 110 Å². The van der Waals surface area contributed by atoms with Crippen molar-refractivity contribution in [2.24, 2.45) is 5.92 Å². The number of hydrogen-bond acceptors (Lipinski definition) is 3. The molecular formula is C14H26N2O2. The van der Waals surface area contributed by atoms with Crippen molar-refractivity contribution in [1.82, 2.24) is 10.2 Å². The number of likely N-dealkylation sites (N-methyl/N-ethyl adjacent to an activating group) is 1. The molecule has 1 aliphatic heterocycles. The predicted molar refractivity (Wildman–Crippen MR) is 71.4 cm³/mol. The lowest BCUT2D eigenvalue weighted by atomic mass is 9.85. The van der Waals surface area contributed by atoms with E-state index in [2.05, 4.69) is 5.32 Å². The maximum absolute atomic E-state index is 12.4. The molecule has 1 saturated heterocycles. The summed E-state index contributed by atoms with van der Waals surface area (Å²) in [4.78, 5) is 14.2. The molecule has 2 fully saturated rings. The minimum Gasteiger partial charge on any atom is -0.383 e. The first-order valence-corrected chi connectivity index (χ1v) is 7.15. The molecule has 1 N–H and O–H groups in total. The normalized spacial score (nSPS) is 32.9. The zero-order valence-electron chi connectivity index (χ0n) is 11.8. The molecule has 4 nitrogen and oxygen atoms in total. The highest BCUT2D eigenvalue weighted by Crippen LogP contribution is 2.33. The maximum Gasteiger partial charge on any atom is 0.239 e. The number of amides is 1. The summed E-state index contributed by atoms with van der Waals surface area (Å²) in [6.07, 6.45) is 6.20. The number of carbonyl (C=O) groups excluding carboxylic acids is 1. The molecule has 0 bridgehead atoms. The number of nitrogens with zero attached hydrogens (tertiary/aromatic N) is 1. The Balaban J connectivity index is 1.90. The maximum atomic E-state index is 12.4. The lowest BCUT2D eigenvalue weighted by Crippen LogP contribution is -2.48. The van der Waals surface area contributed by atoms with Gasteiger partial charge in [0.1, 0.15) is 0 Å². The smallest absolute Gasteiger partial charge is 0.239 e. The standard InChI is InChI=1S/C14H26N2O2/c1-10(9-18-3)16(2)14(17)13-8-11-6-4-5-7-12(11)15-13/h10-13,15H,4-9H2,1-3H3. The Morgan fingerprint density at radius 3 is 2.83 bits per heavy atom. The second-order valence-corrected chi connectivity index (χ2v) is 5.86. The molecule has 0 aromatic carbocycles. The predicted octanol–water partition coefficient (Wildman–Crippen LogP) is 1.40. The van der Waals surface area contributed by atoms with Crippen molar-refractivity contribution < 1.29 is 9.53 Å². The van der Waals surface area contributed by atoms with Crippen LogP contribution in [0, 0.1) is 5.92 Å². The number of nitrogens with one attached hydrogen (secondary N) is 1. The quantitative estimate of drug-likeness (QED) is 0.824. The van der Waals surface area contributed by atoms with Gasteiger partial charge in [-0.05, 0) is 32.1 Å². The molecule has 4 unspecified atom stereocenters. The Morgan fingerprint density at radius 1 is 1.44 bits per heavy atom. The fraction of sp³-hybridized carbons (Fsp3) is 0.929. The lowest BCUT2D eigenvalue weighted by Gasteiger charge is -2.27. The van der Waals surface area contributed by atoms with Gasteiger partial charge < -0.3 is 15.0 Å². The van der Waals surface area contributed by atoms with E-state index in [9.17, 15) is 4.79 Å². The lowest BCUT2D eigenvalue weighted by molar-refractivity contribution is -0.134. The third-order valence-electron chi connectivity index (χ3n) is 4.58. The molecule has 2 aliphatic rings. The van der Waals surface area contributed by atoms with Gasteiger partial charge in [-0.25, -0.2) is 0 Å². The third-order valence-corrected chi connectivity index (χ3v) is 4.58. The average Bonchev–Trinajstić information content (AvgIpc) is 2.81. The summed E-state index contributed by atoms with van der Waals surface area (Å²) in [5.74, 6) is 0.952. The topological polar surface area (TPSA) is 41.6 Å². The Morgan fingerprint density at radius 2 is 2.17 bits per heavy atom.